The molecule has 1 heterocycles. The third-order valence-corrected chi connectivity index (χ3v) is 3.45. The van der Waals surface area contributed by atoms with E-state index in [2.05, 4.69) is 0 Å². The molecule has 0 amide bonds. The molecule has 0 aliphatic rings. The third-order valence-electron chi connectivity index (χ3n) is 3.45. The molecule has 1 atom stereocenters. The van der Waals surface area contributed by atoms with Gasteiger partial charge in [0.15, 0.2) is 6.10 Å². The number of furan rings is 1. The number of para-hydroxylation sites is 1. The Morgan fingerprint density at radius 1 is 1.19 bits per heavy atom. The Morgan fingerprint density at radius 2 is 1.95 bits per heavy atom. The first kappa shape index (κ1) is 13.5. The van der Waals surface area contributed by atoms with Gasteiger partial charge in [-0.2, -0.15) is 0 Å². The smallest absolute Gasteiger partial charge is 0.344 e. The summed E-state index contributed by atoms with van der Waals surface area (Å²) in [5, 5.41) is 11.1. The second-order valence-corrected chi connectivity index (χ2v) is 4.99. The van der Waals surface area contributed by atoms with Gasteiger partial charge in [-0.25, -0.2) is 4.79 Å². The number of ether oxygens (including phenoxy) is 1. The number of aliphatic carboxylic acids is 1. The largest absolute Gasteiger partial charge is 0.479 e. The van der Waals surface area contributed by atoms with E-state index in [4.69, 9.17) is 14.3 Å². The molecular formula is C17H16O4. The lowest BCUT2D eigenvalue weighted by Crippen LogP contribution is -2.26. The van der Waals surface area contributed by atoms with Crippen molar-refractivity contribution in [2.45, 2.75) is 25.9 Å². The van der Waals surface area contributed by atoms with E-state index < -0.39 is 12.1 Å². The Kier molecular flexibility index (Phi) is 3.52. The van der Waals surface area contributed by atoms with Crippen LogP contribution < -0.4 is 4.74 Å². The van der Waals surface area contributed by atoms with E-state index >= 15 is 0 Å². The fraction of sp³-hybridized carbons (Fsp3) is 0.235. The average molecular weight is 284 g/mol. The van der Waals surface area contributed by atoms with Crippen molar-refractivity contribution in [3.05, 3.63) is 42.5 Å². The van der Waals surface area contributed by atoms with Gasteiger partial charge in [-0.1, -0.05) is 31.5 Å². The van der Waals surface area contributed by atoms with Gasteiger partial charge in [0.25, 0.3) is 0 Å². The number of carbonyl (C=O) groups is 1. The standard InChI is InChI=1S/C17H16O4/c1-2-5-16(17(18)19)20-11-8-9-15-13(10-11)12-6-3-4-7-14(12)21-15/h3-4,6-10,16H,2,5H2,1H3,(H,18,19). The molecule has 3 aromatic rings. The van der Waals surface area contributed by atoms with Crippen LogP contribution in [0, 0.1) is 0 Å². The lowest BCUT2D eigenvalue weighted by Gasteiger charge is -2.14. The normalized spacial score (nSPS) is 12.6. The number of carboxylic acids is 1. The van der Waals surface area contributed by atoms with Crippen LogP contribution >= 0.6 is 0 Å². The molecular weight excluding hydrogens is 268 g/mol. The van der Waals surface area contributed by atoms with Crippen LogP contribution in [0.25, 0.3) is 21.9 Å². The number of benzene rings is 2. The molecule has 108 valence electrons. The predicted molar refractivity (Wildman–Crippen MR) is 80.7 cm³/mol. The van der Waals surface area contributed by atoms with Gasteiger partial charge in [-0.15, -0.1) is 0 Å². The summed E-state index contributed by atoms with van der Waals surface area (Å²) in [5.74, 6) is -0.385. The first-order chi connectivity index (χ1) is 10.2. The molecule has 4 heteroatoms. The van der Waals surface area contributed by atoms with Crippen LogP contribution in [0.3, 0.4) is 0 Å². The minimum Gasteiger partial charge on any atom is -0.479 e. The van der Waals surface area contributed by atoms with E-state index in [0.29, 0.717) is 12.2 Å². The minimum atomic E-state index is -0.936. The molecule has 0 aliphatic heterocycles. The van der Waals surface area contributed by atoms with E-state index in [9.17, 15) is 4.79 Å². The van der Waals surface area contributed by atoms with Crippen LogP contribution in [0.5, 0.6) is 5.75 Å². The quantitative estimate of drug-likeness (QED) is 0.762. The van der Waals surface area contributed by atoms with Crippen LogP contribution in [0.4, 0.5) is 0 Å². The lowest BCUT2D eigenvalue weighted by molar-refractivity contribution is -0.145. The summed E-state index contributed by atoms with van der Waals surface area (Å²) in [6.07, 6.45) is 0.429. The number of fused-ring (bicyclic) bond motifs is 3. The third kappa shape index (κ3) is 2.57. The molecule has 2 aromatic carbocycles. The van der Waals surface area contributed by atoms with Gasteiger partial charge in [0, 0.05) is 10.8 Å². The van der Waals surface area contributed by atoms with Crippen molar-refractivity contribution in [2.24, 2.45) is 0 Å². The van der Waals surface area contributed by atoms with Gasteiger partial charge in [0.2, 0.25) is 0 Å². The molecule has 0 saturated heterocycles. The second-order valence-electron chi connectivity index (χ2n) is 4.99. The van der Waals surface area contributed by atoms with E-state index in [1.54, 1.807) is 6.07 Å². The Morgan fingerprint density at radius 3 is 2.71 bits per heavy atom. The van der Waals surface area contributed by atoms with Crippen molar-refractivity contribution < 1.29 is 19.1 Å². The molecule has 1 unspecified atom stereocenters. The van der Waals surface area contributed by atoms with Crippen molar-refractivity contribution in [3.8, 4) is 5.75 Å². The van der Waals surface area contributed by atoms with E-state index in [0.717, 1.165) is 28.4 Å². The molecule has 3 rings (SSSR count). The van der Waals surface area contributed by atoms with Crippen molar-refractivity contribution in [1.29, 1.82) is 0 Å². The average Bonchev–Trinajstić information content (AvgIpc) is 2.85. The molecule has 0 bridgehead atoms. The van der Waals surface area contributed by atoms with Gasteiger partial charge in [-0.3, -0.25) is 0 Å². The number of hydrogen-bond acceptors (Lipinski definition) is 3. The maximum atomic E-state index is 11.2. The number of carboxylic acid groups (broad SMARTS) is 1. The van der Waals surface area contributed by atoms with Gasteiger partial charge < -0.3 is 14.3 Å². The molecule has 21 heavy (non-hydrogen) atoms. The Labute approximate surface area is 121 Å². The minimum absolute atomic E-state index is 0.486. The van der Waals surface area contributed by atoms with Crippen molar-refractivity contribution in [3.63, 3.8) is 0 Å². The maximum absolute atomic E-state index is 11.2. The van der Waals surface area contributed by atoms with E-state index in [-0.39, 0.29) is 0 Å². The molecule has 0 aliphatic carbocycles. The first-order valence-electron chi connectivity index (χ1n) is 7.00. The predicted octanol–water partition coefficient (Wildman–Crippen LogP) is 4.22. The SMILES string of the molecule is CCCC(Oc1ccc2oc3ccccc3c2c1)C(=O)O. The monoisotopic (exact) mass is 284 g/mol. The summed E-state index contributed by atoms with van der Waals surface area (Å²) in [5.41, 5.74) is 1.58. The Bertz CT molecular complexity index is 788. The first-order valence-corrected chi connectivity index (χ1v) is 7.00. The van der Waals surface area contributed by atoms with Crippen LogP contribution in [0.1, 0.15) is 19.8 Å². The summed E-state index contributed by atoms with van der Waals surface area (Å²) in [4.78, 5) is 11.2. The maximum Gasteiger partial charge on any atom is 0.344 e. The number of hydrogen-bond donors (Lipinski definition) is 1. The second kappa shape index (κ2) is 5.48. The highest BCUT2D eigenvalue weighted by molar-refractivity contribution is 6.05. The molecule has 0 radical (unpaired) electrons. The summed E-state index contributed by atoms with van der Waals surface area (Å²) in [6.45, 7) is 1.94. The molecule has 1 aromatic heterocycles. The summed E-state index contributed by atoms with van der Waals surface area (Å²) in [7, 11) is 0. The number of rotatable bonds is 5. The topological polar surface area (TPSA) is 59.7 Å². The summed E-state index contributed by atoms with van der Waals surface area (Å²) in [6, 6.07) is 13.2. The van der Waals surface area contributed by atoms with Crippen molar-refractivity contribution in [2.75, 3.05) is 0 Å². The van der Waals surface area contributed by atoms with E-state index in [1.165, 1.54) is 0 Å². The zero-order valence-electron chi connectivity index (χ0n) is 11.7. The highest BCUT2D eigenvalue weighted by Crippen LogP contribution is 2.31. The summed E-state index contributed by atoms with van der Waals surface area (Å²) >= 11 is 0. The van der Waals surface area contributed by atoms with Gasteiger partial charge in [0.1, 0.15) is 16.9 Å². The highest BCUT2D eigenvalue weighted by Gasteiger charge is 2.18. The van der Waals surface area contributed by atoms with Crippen LogP contribution in [0.2, 0.25) is 0 Å². The van der Waals surface area contributed by atoms with Gasteiger partial charge in [-0.05, 0) is 30.7 Å². The summed E-state index contributed by atoms with van der Waals surface area (Å²) < 4.78 is 11.3. The van der Waals surface area contributed by atoms with Gasteiger partial charge in [0.05, 0.1) is 0 Å². The highest BCUT2D eigenvalue weighted by atomic mass is 16.5. The molecule has 4 nitrogen and oxygen atoms in total. The Balaban J connectivity index is 2.00. The zero-order valence-corrected chi connectivity index (χ0v) is 11.7. The van der Waals surface area contributed by atoms with Crippen molar-refractivity contribution >= 4 is 27.9 Å². The van der Waals surface area contributed by atoms with Crippen LogP contribution in [-0.4, -0.2) is 17.2 Å². The zero-order chi connectivity index (χ0) is 14.8. The fourth-order valence-electron chi connectivity index (χ4n) is 2.44. The molecule has 0 spiro atoms. The Hall–Kier alpha value is -2.49. The molecule has 0 fully saturated rings. The van der Waals surface area contributed by atoms with Crippen LogP contribution in [-0.2, 0) is 4.79 Å². The van der Waals surface area contributed by atoms with Gasteiger partial charge >= 0.3 is 5.97 Å². The van der Waals surface area contributed by atoms with Crippen molar-refractivity contribution in [1.82, 2.24) is 0 Å². The van der Waals surface area contributed by atoms with Crippen LogP contribution in [0.15, 0.2) is 46.9 Å². The lowest BCUT2D eigenvalue weighted by atomic mass is 10.1. The molecule has 1 N–H and O–H groups in total. The fourth-order valence-corrected chi connectivity index (χ4v) is 2.44. The van der Waals surface area contributed by atoms with E-state index in [1.807, 2.05) is 43.3 Å². The molecule has 0 saturated carbocycles.